The van der Waals surface area contributed by atoms with Gasteiger partial charge in [-0.25, -0.2) is 4.67 Å². The molecule has 0 aromatic rings. The second kappa shape index (κ2) is 3.85. The van der Waals surface area contributed by atoms with Crippen molar-refractivity contribution in [1.29, 1.82) is 0 Å². The molecule has 0 bridgehead atoms. The van der Waals surface area contributed by atoms with Gasteiger partial charge in [-0.15, -0.1) is 11.6 Å². The molecule has 0 aromatic heterocycles. The van der Waals surface area contributed by atoms with Gasteiger partial charge in [-0.3, -0.25) is 4.57 Å². The third-order valence-electron chi connectivity index (χ3n) is 1.58. The SMILES string of the molecule is O=P(Cl)(Cl)N(CCCl)C1CC1. The predicted octanol–water partition coefficient (Wildman–Crippen LogP) is 3.28. The number of hydrogen-bond donors (Lipinski definition) is 0. The fourth-order valence-electron chi connectivity index (χ4n) is 0.948. The van der Waals surface area contributed by atoms with Crippen LogP contribution in [0.4, 0.5) is 0 Å². The first-order valence-electron chi connectivity index (χ1n) is 3.38. The molecule has 0 amide bonds. The summed E-state index contributed by atoms with van der Waals surface area (Å²) in [5, 5.41) is 0. The zero-order valence-corrected chi connectivity index (χ0v) is 9.00. The molecule has 2 nitrogen and oxygen atoms in total. The van der Waals surface area contributed by atoms with Crippen LogP contribution in [-0.2, 0) is 4.57 Å². The Morgan fingerprint density at radius 1 is 1.45 bits per heavy atom. The lowest BCUT2D eigenvalue weighted by atomic mass is 10.6. The quantitative estimate of drug-likeness (QED) is 0.551. The first kappa shape index (κ1) is 10.1. The largest absolute Gasteiger partial charge is 0.322 e. The summed E-state index contributed by atoms with van der Waals surface area (Å²) in [4.78, 5) is 0. The summed E-state index contributed by atoms with van der Waals surface area (Å²) >= 11 is 16.5. The molecule has 0 radical (unpaired) electrons. The highest BCUT2D eigenvalue weighted by molar-refractivity contribution is 8.06. The van der Waals surface area contributed by atoms with Crippen LogP contribution in [0.25, 0.3) is 0 Å². The Kier molecular flexibility index (Phi) is 3.55. The molecule has 66 valence electrons. The van der Waals surface area contributed by atoms with Gasteiger partial charge in [-0.05, 0) is 35.3 Å². The Morgan fingerprint density at radius 3 is 2.27 bits per heavy atom. The summed E-state index contributed by atoms with van der Waals surface area (Å²) in [6.07, 6.45) is 2.06. The van der Waals surface area contributed by atoms with E-state index in [0.29, 0.717) is 18.5 Å². The van der Waals surface area contributed by atoms with E-state index in [-0.39, 0.29) is 0 Å². The molecule has 1 rings (SSSR count). The summed E-state index contributed by atoms with van der Waals surface area (Å²) < 4.78 is 12.8. The number of halogens is 3. The van der Waals surface area contributed by atoms with E-state index in [1.807, 2.05) is 0 Å². The Bertz CT molecular complexity index is 179. The number of nitrogens with zero attached hydrogens (tertiary/aromatic N) is 1. The van der Waals surface area contributed by atoms with Gasteiger partial charge in [0.1, 0.15) is 0 Å². The molecular formula is C5H9Cl3NOP. The number of rotatable bonds is 4. The third kappa shape index (κ3) is 3.12. The highest BCUT2D eigenvalue weighted by Gasteiger charge is 2.38. The van der Waals surface area contributed by atoms with E-state index in [1.54, 1.807) is 4.67 Å². The second-order valence-corrected chi connectivity index (χ2v) is 7.55. The molecule has 0 atom stereocenters. The number of hydrogen-bond acceptors (Lipinski definition) is 1. The average molecular weight is 236 g/mol. The second-order valence-electron chi connectivity index (χ2n) is 2.52. The summed E-state index contributed by atoms with van der Waals surface area (Å²) in [5.74, 6) is -2.68. The van der Waals surface area contributed by atoms with Crippen LogP contribution in [0.15, 0.2) is 0 Å². The Morgan fingerprint density at radius 2 is 2.00 bits per heavy atom. The van der Waals surface area contributed by atoms with E-state index in [9.17, 15) is 4.57 Å². The first-order valence-corrected chi connectivity index (χ1v) is 7.38. The van der Waals surface area contributed by atoms with E-state index in [0.717, 1.165) is 12.8 Å². The van der Waals surface area contributed by atoms with Gasteiger partial charge in [0.2, 0.25) is 0 Å². The molecule has 1 saturated carbocycles. The predicted molar refractivity (Wildman–Crippen MR) is 49.8 cm³/mol. The molecule has 0 N–H and O–H groups in total. The van der Waals surface area contributed by atoms with Crippen LogP contribution in [0.5, 0.6) is 0 Å². The monoisotopic (exact) mass is 235 g/mol. The Hall–Kier alpha value is 1.06. The van der Waals surface area contributed by atoms with E-state index in [4.69, 9.17) is 34.1 Å². The Labute approximate surface area is 80.8 Å². The number of alkyl halides is 1. The van der Waals surface area contributed by atoms with Crippen molar-refractivity contribution < 1.29 is 4.57 Å². The lowest BCUT2D eigenvalue weighted by molar-refractivity contribution is 0.441. The Balaban J connectivity index is 2.51. The van der Waals surface area contributed by atoms with Gasteiger partial charge < -0.3 is 0 Å². The van der Waals surface area contributed by atoms with Crippen molar-refractivity contribution in [1.82, 2.24) is 4.67 Å². The summed E-state index contributed by atoms with van der Waals surface area (Å²) in [6.45, 7) is 0.510. The minimum absolute atomic E-state index is 0.301. The van der Waals surface area contributed by atoms with Crippen molar-refractivity contribution in [2.75, 3.05) is 12.4 Å². The van der Waals surface area contributed by atoms with Crippen molar-refractivity contribution in [3.05, 3.63) is 0 Å². The van der Waals surface area contributed by atoms with E-state index < -0.39 is 6.00 Å². The maximum absolute atomic E-state index is 11.2. The molecule has 0 unspecified atom stereocenters. The van der Waals surface area contributed by atoms with Crippen molar-refractivity contribution in [2.45, 2.75) is 18.9 Å². The molecule has 1 aliphatic carbocycles. The van der Waals surface area contributed by atoms with Crippen LogP contribution in [0.1, 0.15) is 12.8 Å². The van der Waals surface area contributed by atoms with Gasteiger partial charge in [0, 0.05) is 18.5 Å². The van der Waals surface area contributed by atoms with E-state index in [2.05, 4.69) is 0 Å². The van der Waals surface area contributed by atoms with Gasteiger partial charge in [0.05, 0.1) is 0 Å². The van der Waals surface area contributed by atoms with E-state index >= 15 is 0 Å². The van der Waals surface area contributed by atoms with Crippen LogP contribution in [0.2, 0.25) is 0 Å². The van der Waals surface area contributed by atoms with Crippen LogP contribution < -0.4 is 0 Å². The molecule has 0 saturated heterocycles. The smallest absolute Gasteiger partial charge is 0.271 e. The average Bonchev–Trinajstić information content (AvgIpc) is 2.61. The summed E-state index contributed by atoms with van der Waals surface area (Å²) in [5.41, 5.74) is 0. The van der Waals surface area contributed by atoms with Crippen molar-refractivity contribution in [2.24, 2.45) is 0 Å². The topological polar surface area (TPSA) is 20.3 Å². The van der Waals surface area contributed by atoms with E-state index in [1.165, 1.54) is 0 Å². The fourth-order valence-corrected chi connectivity index (χ4v) is 3.39. The molecule has 0 heterocycles. The van der Waals surface area contributed by atoms with Crippen LogP contribution in [-0.4, -0.2) is 23.1 Å². The van der Waals surface area contributed by atoms with Gasteiger partial charge in [-0.1, -0.05) is 0 Å². The van der Waals surface area contributed by atoms with Crippen LogP contribution in [0.3, 0.4) is 0 Å². The lowest BCUT2D eigenvalue weighted by Crippen LogP contribution is -2.21. The van der Waals surface area contributed by atoms with Gasteiger partial charge in [0.15, 0.2) is 0 Å². The molecule has 0 aliphatic heterocycles. The highest BCUT2D eigenvalue weighted by atomic mass is 35.9. The molecule has 6 heteroatoms. The minimum Gasteiger partial charge on any atom is -0.271 e. The lowest BCUT2D eigenvalue weighted by Gasteiger charge is -2.20. The maximum atomic E-state index is 11.2. The summed E-state index contributed by atoms with van der Waals surface area (Å²) in [7, 11) is 0. The van der Waals surface area contributed by atoms with Gasteiger partial charge >= 0.3 is 6.00 Å². The van der Waals surface area contributed by atoms with Crippen molar-refractivity contribution in [3.63, 3.8) is 0 Å². The zero-order chi connectivity index (χ0) is 8.48. The molecular weight excluding hydrogens is 227 g/mol. The molecule has 0 aromatic carbocycles. The molecule has 1 aliphatic rings. The van der Waals surface area contributed by atoms with Gasteiger partial charge in [-0.2, -0.15) is 0 Å². The maximum Gasteiger partial charge on any atom is 0.322 e. The molecule has 11 heavy (non-hydrogen) atoms. The highest BCUT2D eigenvalue weighted by Crippen LogP contribution is 2.63. The van der Waals surface area contributed by atoms with Crippen molar-refractivity contribution in [3.8, 4) is 0 Å². The van der Waals surface area contributed by atoms with Gasteiger partial charge in [0.25, 0.3) is 0 Å². The van der Waals surface area contributed by atoms with Crippen LogP contribution in [0, 0.1) is 0 Å². The zero-order valence-electron chi connectivity index (χ0n) is 5.84. The fraction of sp³-hybridized carbons (Fsp3) is 1.00. The van der Waals surface area contributed by atoms with Crippen LogP contribution >= 0.6 is 40.1 Å². The molecule has 1 fully saturated rings. The summed E-state index contributed by atoms with van der Waals surface area (Å²) in [6, 6.07) is 0.301. The first-order chi connectivity index (χ1) is 5.05. The minimum atomic E-state index is -3.09. The standard InChI is InChI=1S/C5H9Cl3NOP/c6-3-4-9(5-1-2-5)11(7,8)10/h5H,1-4H2. The molecule has 0 spiro atoms. The van der Waals surface area contributed by atoms with Crippen molar-refractivity contribution >= 4 is 40.1 Å². The normalized spacial score (nSPS) is 19.3. The third-order valence-corrected chi connectivity index (χ3v) is 4.04.